The van der Waals surface area contributed by atoms with Crippen molar-refractivity contribution in [2.75, 3.05) is 56.3 Å². The molecule has 28 nitrogen and oxygen atoms in total. The van der Waals surface area contributed by atoms with E-state index in [0.29, 0.717) is 123 Å². The summed E-state index contributed by atoms with van der Waals surface area (Å²) in [6, 6.07) is 24.1. The Labute approximate surface area is 741 Å². The summed E-state index contributed by atoms with van der Waals surface area (Å²) >= 11 is 0. The molecule has 7 heterocycles. The highest BCUT2D eigenvalue weighted by molar-refractivity contribution is 6.83. The number of pyridine rings is 2. The van der Waals surface area contributed by atoms with Crippen molar-refractivity contribution in [3.63, 3.8) is 0 Å². The predicted molar refractivity (Wildman–Crippen MR) is 479 cm³/mol. The molecule has 7 N–H and O–H groups in total. The second-order valence-electron chi connectivity index (χ2n) is 36.7. The number of ether oxygens (including phenoxy) is 4. The number of imide groups is 1. The summed E-state index contributed by atoms with van der Waals surface area (Å²) in [4.78, 5) is 159. The summed E-state index contributed by atoms with van der Waals surface area (Å²) in [5, 5.41) is 33.0. The Morgan fingerprint density at radius 2 is 1.43 bits per heavy atom. The van der Waals surface area contributed by atoms with Gasteiger partial charge >= 0.3 is 11.9 Å². The zero-order valence-electron chi connectivity index (χ0n) is 74.6. The third-order valence-electron chi connectivity index (χ3n) is 28.1. The van der Waals surface area contributed by atoms with Crippen molar-refractivity contribution >= 4 is 89.4 Å². The van der Waals surface area contributed by atoms with E-state index < -0.39 is 72.7 Å². The van der Waals surface area contributed by atoms with Crippen LogP contribution in [0.4, 0.5) is 15.8 Å². The summed E-state index contributed by atoms with van der Waals surface area (Å²) in [6.45, 7) is 22.5. The van der Waals surface area contributed by atoms with E-state index in [1.165, 1.54) is 21.6 Å². The Morgan fingerprint density at radius 1 is 0.732 bits per heavy atom. The smallest absolute Gasteiger partial charge is 0.343 e. The molecule has 4 unspecified atom stereocenters. The molecule has 4 aliphatic heterocycles. The van der Waals surface area contributed by atoms with Gasteiger partial charge in [-0.3, -0.25) is 52.8 Å². The van der Waals surface area contributed by atoms with Gasteiger partial charge in [0.05, 0.1) is 99.6 Å². The molecule has 14 rings (SSSR count). The number of cyclic esters (lactones) is 1. The molecule has 127 heavy (non-hydrogen) atoms. The number of hydrogen-bond acceptors (Lipinski definition) is 20. The van der Waals surface area contributed by atoms with E-state index >= 15 is 4.39 Å². The fraction of sp³-hybridized carbons (Fsp3) is 0.526. The number of nitrogens with zero attached hydrogens (tertiary/aromatic N) is 7. The minimum atomic E-state index is -2.04. The van der Waals surface area contributed by atoms with Crippen LogP contribution in [-0.4, -0.2) is 160 Å². The van der Waals surface area contributed by atoms with Crippen LogP contribution < -0.4 is 37.5 Å². The number of aryl methyl sites for hydroxylation is 1. The first-order valence-corrected chi connectivity index (χ1v) is 48.0. The molecule has 3 aromatic heterocycles. The summed E-state index contributed by atoms with van der Waals surface area (Å²) < 4.78 is 41.8. The molecule has 0 radical (unpaired) electrons. The Morgan fingerprint density at radius 3 is 2.13 bits per heavy atom. The Balaban J connectivity index is 0.505. The summed E-state index contributed by atoms with van der Waals surface area (Å²) in [6.07, 6.45) is 9.48. The van der Waals surface area contributed by atoms with Crippen LogP contribution in [0.2, 0.25) is 22.7 Å². The number of halogens is 1. The summed E-state index contributed by atoms with van der Waals surface area (Å²) in [5.74, 6) is -5.05. The fourth-order valence-corrected chi connectivity index (χ4v) is 28.0. The number of nitrogens with one attached hydrogen (secondary N) is 4. The second-order valence-corrected chi connectivity index (χ2v) is 42.9. The lowest BCUT2D eigenvalue weighted by Crippen LogP contribution is -2.54. The van der Waals surface area contributed by atoms with Crippen molar-refractivity contribution in [2.24, 2.45) is 41.2 Å². The van der Waals surface area contributed by atoms with Gasteiger partial charge in [-0.1, -0.05) is 163 Å². The van der Waals surface area contributed by atoms with Crippen LogP contribution in [0.1, 0.15) is 203 Å². The SMILES string of the molecule is CC[C@@]1(O)C(=O)OCc2c1cc1n(c2=O)Cc2c-1nc1cc(F)c(C)c3c1c2[C@@H](CC(=O)OCc1ccc(NC(=O)[C@H](CCCCN)NC(=O)[C@@H](NC(=O)CCOCCn2nnc4c2-c2ccccc2CN(C(=O)CCNC(=O)CCOCCCC(=O)CCN2C(=O)C5C6C=CC(C6CCC[Si](C(C)C)(C(C)C)C(C)C)C5C2=O)c2ccccc2-4)C(C)C)cc1)CC3. The predicted octanol–water partition coefficient (Wildman–Crippen LogP) is 12.4. The number of Topliss-reactive ketones (excluding diaryl/α,β-unsaturated/α-hetero) is 1. The number of anilines is 2. The number of aromatic nitrogens is 5. The van der Waals surface area contributed by atoms with Crippen molar-refractivity contribution in [2.45, 2.75) is 245 Å². The highest BCUT2D eigenvalue weighted by atomic mass is 28.3. The van der Waals surface area contributed by atoms with Gasteiger partial charge in [-0.15, -0.1) is 5.10 Å². The molecule has 1 saturated carbocycles. The third-order valence-corrected chi connectivity index (χ3v) is 35.8. The van der Waals surface area contributed by atoms with Crippen LogP contribution in [0.15, 0.2) is 102 Å². The van der Waals surface area contributed by atoms with Gasteiger partial charge in [-0.2, -0.15) is 0 Å². The number of benzene rings is 4. The highest BCUT2D eigenvalue weighted by Crippen LogP contribution is 2.59. The maximum absolute atomic E-state index is 15.6. The van der Waals surface area contributed by atoms with E-state index in [2.05, 4.69) is 85.3 Å². The van der Waals surface area contributed by atoms with Gasteiger partial charge < -0.3 is 60.5 Å². The van der Waals surface area contributed by atoms with Gasteiger partial charge in [-0.05, 0) is 147 Å². The Bertz CT molecular complexity index is 5420. The largest absolute Gasteiger partial charge is 0.461 e. The number of allylic oxidation sites excluding steroid dienone is 2. The monoisotopic (exact) mass is 1760 g/mol. The Hall–Kier alpha value is -10.8. The van der Waals surface area contributed by atoms with Crippen molar-refractivity contribution in [1.82, 2.24) is 45.4 Å². The average Bonchev–Trinajstić information content (AvgIpc) is 1.58. The number of para-hydroxylation sites is 1. The maximum atomic E-state index is 15.6. The van der Waals surface area contributed by atoms with Gasteiger partial charge in [0.15, 0.2) is 5.60 Å². The summed E-state index contributed by atoms with van der Waals surface area (Å²) in [7, 11) is -1.55. The van der Waals surface area contributed by atoms with Crippen molar-refractivity contribution in [3.05, 3.63) is 158 Å². The molecular formula is C97H121FN12O16Si. The number of hydrogen-bond donors (Lipinski definition) is 6. The molecule has 8 atom stereocenters. The lowest BCUT2D eigenvalue weighted by atomic mass is 9.77. The first kappa shape index (κ1) is 92.4. The minimum Gasteiger partial charge on any atom is -0.461 e. The van der Waals surface area contributed by atoms with Gasteiger partial charge in [0.1, 0.15) is 42.6 Å². The molecule has 0 spiro atoms. The van der Waals surface area contributed by atoms with Crippen LogP contribution in [0, 0.1) is 48.2 Å². The van der Waals surface area contributed by atoms with Gasteiger partial charge in [-0.25, -0.2) is 18.9 Å². The van der Waals surface area contributed by atoms with E-state index in [1.54, 1.807) is 67.6 Å². The fourth-order valence-electron chi connectivity index (χ4n) is 21.4. The topological polar surface area (TPSA) is 374 Å². The van der Waals surface area contributed by atoms with E-state index in [4.69, 9.17) is 29.7 Å². The lowest BCUT2D eigenvalue weighted by Gasteiger charge is -2.43. The summed E-state index contributed by atoms with van der Waals surface area (Å²) in [5.41, 5.74) is 14.8. The molecule has 1 saturated heterocycles. The number of amides is 7. The molecule has 4 aromatic carbocycles. The quantitative estimate of drug-likeness (QED) is 0.00681. The molecular weight excluding hydrogens is 1640 g/mol. The van der Waals surface area contributed by atoms with Crippen LogP contribution in [0.5, 0.6) is 0 Å². The first-order chi connectivity index (χ1) is 61.0. The maximum Gasteiger partial charge on any atom is 0.343 e. The van der Waals surface area contributed by atoms with Crippen LogP contribution in [0.25, 0.3) is 44.8 Å². The molecule has 2 fully saturated rings. The molecule has 676 valence electrons. The number of carbonyl (C=O) groups excluding carboxylic acids is 10. The van der Waals surface area contributed by atoms with E-state index in [0.717, 1.165) is 40.5 Å². The number of likely N-dealkylation sites (tertiary alicyclic amines) is 1. The lowest BCUT2D eigenvalue weighted by molar-refractivity contribution is -0.172. The molecule has 7 aromatic rings. The van der Waals surface area contributed by atoms with Gasteiger partial charge in [0.2, 0.25) is 41.4 Å². The first-order valence-electron chi connectivity index (χ1n) is 45.5. The van der Waals surface area contributed by atoms with Crippen LogP contribution in [0.3, 0.4) is 0 Å². The zero-order valence-corrected chi connectivity index (χ0v) is 75.6. The zero-order chi connectivity index (χ0) is 90.4. The molecule has 7 aliphatic rings. The van der Waals surface area contributed by atoms with Crippen LogP contribution >= 0.6 is 0 Å². The number of ketones is 1. The highest BCUT2D eigenvalue weighted by Gasteiger charge is 2.63. The molecule has 2 bridgehead atoms. The van der Waals surface area contributed by atoms with E-state index in [-0.39, 0.29) is 194 Å². The number of nitrogens with two attached hydrogens (primary N) is 1. The van der Waals surface area contributed by atoms with E-state index in [9.17, 15) is 57.8 Å². The van der Waals surface area contributed by atoms with Crippen LogP contribution in [-0.2, 0) is 112 Å². The number of fused-ring (bicyclic) bond motifs is 15. The van der Waals surface area contributed by atoms with Crippen molar-refractivity contribution in [1.29, 1.82) is 0 Å². The average molecular weight is 1760 g/mol. The number of rotatable bonds is 41. The van der Waals surface area contributed by atoms with Crippen molar-refractivity contribution in [3.8, 4) is 33.9 Å². The van der Waals surface area contributed by atoms with E-state index in [1.807, 2.05) is 48.5 Å². The number of aliphatic hydroxyl groups is 1. The number of carbonyl (C=O) groups is 10. The van der Waals surface area contributed by atoms with Gasteiger partial charge in [0.25, 0.3) is 5.56 Å². The number of unbranched alkanes of at least 4 members (excludes halogenated alkanes) is 1. The number of esters is 2. The van der Waals surface area contributed by atoms with Gasteiger partial charge in [0, 0.05) is 91.2 Å². The van der Waals surface area contributed by atoms with Crippen molar-refractivity contribution < 1.29 is 76.4 Å². The minimum absolute atomic E-state index is 0.000539. The molecule has 30 heteroatoms. The molecule has 3 aliphatic carbocycles. The normalized spacial score (nSPS) is 19.8. The molecule has 7 amide bonds. The second kappa shape index (κ2) is 39.8. The standard InChI is InChI=1S/C97H121FN12O16Si/c1-11-97(122)73-49-78-88-71(52-109(78)93(118)72(73)54-126-96(97)121)83-61(29-32-65-59(10)74(98)50-76(102-88)84(65)83)48-82(115)125-53-60-27-30-63(31-28-60)101-91(116)75(25-16-17-39-99)103-92(117)87(55(2)3)104-80(113)38-45-124-46-42-110-90-66-22-13-12-20-62(66)51-108(77-26-15-14-23-70(77)89(90)105-106-110)81(114)35-40-100-79(112)37-44-123-43-18-21-64(111)36-41-107-94(119)85-68-33-34-69(86(85)95(107)120)67(68)24-19-47-127(56(4)5,57(6)7)58(8)9/h12-15,20,22-23,26-28,30-31,33-34,49-50,55-58,61,67-69,75,85-87,122H,11,16-19,21,24-25,29,32,35-48,51-54,99H2,1-10H3,(H,100,112)(H,101,116)(H,103,117)(H,104,113)/t61-,67?,68?,69?,75+,85?,86?,87+,97+/m1/s1. The third kappa shape index (κ3) is 18.9. The Kier molecular flexibility index (Phi) is 29.0.